The van der Waals surface area contributed by atoms with Crippen molar-refractivity contribution in [1.82, 2.24) is 18.8 Å². The molecular formula is C58H32N4OPt. The maximum absolute atomic E-state index is 6.87. The van der Waals surface area contributed by atoms with Crippen LogP contribution in [0.4, 0.5) is 0 Å². The zero-order valence-corrected chi connectivity index (χ0v) is 36.3. The molecule has 14 rings (SSSR count). The van der Waals surface area contributed by atoms with E-state index in [0.717, 1.165) is 87.2 Å². The quantitative estimate of drug-likeness (QED) is 0.162. The van der Waals surface area contributed by atoms with Gasteiger partial charge in [-0.05, 0) is 78.1 Å². The van der Waals surface area contributed by atoms with Crippen LogP contribution < -0.4 is 4.74 Å². The van der Waals surface area contributed by atoms with Gasteiger partial charge in [-0.3, -0.25) is 0 Å². The van der Waals surface area contributed by atoms with E-state index in [1.54, 1.807) is 0 Å². The second-order valence-corrected chi connectivity index (χ2v) is 16.3. The molecule has 0 aliphatic rings. The Morgan fingerprint density at radius 3 is 0.969 bits per heavy atom. The Hall–Kier alpha value is -7.85. The number of pyridine rings is 2. The van der Waals surface area contributed by atoms with E-state index >= 15 is 0 Å². The number of rotatable bonds is 2. The van der Waals surface area contributed by atoms with E-state index in [4.69, 9.17) is 14.7 Å². The molecule has 0 aliphatic carbocycles. The molecule has 14 aromatic rings. The Bertz CT molecular complexity index is 4100. The summed E-state index contributed by atoms with van der Waals surface area (Å²) in [7, 11) is 0. The van der Waals surface area contributed by atoms with Crippen molar-refractivity contribution in [1.29, 1.82) is 0 Å². The van der Waals surface area contributed by atoms with Crippen molar-refractivity contribution in [2.24, 2.45) is 0 Å². The minimum Gasteiger partial charge on any atom is -0.509 e. The predicted molar refractivity (Wildman–Crippen MR) is 261 cm³/mol. The van der Waals surface area contributed by atoms with Crippen molar-refractivity contribution in [2.45, 2.75) is 0 Å². The summed E-state index contributed by atoms with van der Waals surface area (Å²) in [4.78, 5) is 10.3. The van der Waals surface area contributed by atoms with Crippen LogP contribution in [0.1, 0.15) is 0 Å². The summed E-state index contributed by atoms with van der Waals surface area (Å²) in [5, 5.41) is 18.1. The summed E-state index contributed by atoms with van der Waals surface area (Å²) >= 11 is 0. The third-order valence-corrected chi connectivity index (χ3v) is 13.0. The monoisotopic (exact) mass is 995 g/mol. The number of benzene rings is 8. The van der Waals surface area contributed by atoms with Crippen molar-refractivity contribution in [3.05, 3.63) is 207 Å². The van der Waals surface area contributed by atoms with Gasteiger partial charge in [0.2, 0.25) is 0 Å². The van der Waals surface area contributed by atoms with Crippen molar-refractivity contribution in [3.8, 4) is 11.5 Å². The Labute approximate surface area is 380 Å². The molecule has 0 saturated heterocycles. The molecule has 5 nitrogen and oxygen atoms in total. The van der Waals surface area contributed by atoms with Crippen molar-refractivity contribution >= 4 is 120 Å². The van der Waals surface area contributed by atoms with Crippen LogP contribution in [0, 0.1) is 12.1 Å². The molecule has 0 aliphatic heterocycles. The third kappa shape index (κ3) is 5.16. The number of fused-ring (bicyclic) bond motifs is 20. The van der Waals surface area contributed by atoms with Gasteiger partial charge in [-0.1, -0.05) is 144 Å². The van der Waals surface area contributed by atoms with Gasteiger partial charge in [0.25, 0.3) is 0 Å². The van der Waals surface area contributed by atoms with E-state index in [0.29, 0.717) is 11.5 Å². The van der Waals surface area contributed by atoms with E-state index in [1.807, 2.05) is 36.7 Å². The van der Waals surface area contributed by atoms with Crippen molar-refractivity contribution in [2.75, 3.05) is 0 Å². The first-order valence-electron chi connectivity index (χ1n) is 21.2. The number of nitrogens with zero attached hydrogens (tertiary/aromatic N) is 4. The molecule has 0 spiro atoms. The molecule has 8 aromatic carbocycles. The zero-order valence-electron chi connectivity index (χ0n) is 34.0. The molecule has 0 bridgehead atoms. The molecule has 0 amide bonds. The molecule has 300 valence electrons. The summed E-state index contributed by atoms with van der Waals surface area (Å²) in [5.74, 6) is 1.17. The van der Waals surface area contributed by atoms with E-state index < -0.39 is 0 Å². The first kappa shape index (κ1) is 36.8. The minimum atomic E-state index is 0. The molecule has 0 unspecified atom stereocenters. The zero-order chi connectivity index (χ0) is 41.2. The van der Waals surface area contributed by atoms with Gasteiger partial charge in [-0.15, -0.1) is 35.0 Å². The van der Waals surface area contributed by atoms with Crippen LogP contribution in [0.3, 0.4) is 0 Å². The maximum atomic E-state index is 6.87. The van der Waals surface area contributed by atoms with Gasteiger partial charge in [0, 0.05) is 56.5 Å². The van der Waals surface area contributed by atoms with Crippen LogP contribution in [0.25, 0.3) is 120 Å². The number of para-hydroxylation sites is 2. The third-order valence-electron chi connectivity index (χ3n) is 13.0. The molecule has 64 heavy (non-hydrogen) atoms. The van der Waals surface area contributed by atoms with E-state index in [9.17, 15) is 0 Å². The van der Waals surface area contributed by atoms with Gasteiger partial charge in [0.1, 0.15) is 11.3 Å². The Kier molecular flexibility index (Phi) is 8.09. The normalized spacial score (nSPS) is 11.9. The second-order valence-electron chi connectivity index (χ2n) is 16.3. The summed E-state index contributed by atoms with van der Waals surface area (Å²) in [6, 6.07) is 72.2. The van der Waals surface area contributed by atoms with Gasteiger partial charge >= 0.3 is 21.1 Å². The molecule has 0 atom stereocenters. The van der Waals surface area contributed by atoms with Crippen LogP contribution >= 0.6 is 0 Å². The molecule has 6 aromatic heterocycles. The fraction of sp³-hybridized carbons (Fsp3) is 0. The predicted octanol–water partition coefficient (Wildman–Crippen LogP) is 15.0. The van der Waals surface area contributed by atoms with Crippen molar-refractivity contribution in [3.63, 3.8) is 0 Å². The first-order chi connectivity index (χ1) is 31.3. The van der Waals surface area contributed by atoms with Crippen LogP contribution in [-0.4, -0.2) is 18.8 Å². The largest absolute Gasteiger partial charge is 2.00 e. The summed E-state index contributed by atoms with van der Waals surface area (Å²) in [5.41, 5.74) is 5.64. The number of hydrogen-bond acceptors (Lipinski definition) is 3. The number of hydrogen-bond donors (Lipinski definition) is 0. The Balaban J connectivity index is 0.00000413. The molecule has 6 heterocycles. The van der Waals surface area contributed by atoms with Gasteiger partial charge in [-0.25, -0.2) is 9.97 Å². The standard InChI is InChI=1S/C58H32N4O.Pt/c1-5-17-41-37(13-1)39-15-3-7-19-43(39)51-25-11-31-59-57(51)61-53-33-35(27-29-45(53)49-23-9-21-47(41)55(49)61)63-36-28-30-46-50-24-10-22-48-42-18-6-2-14-38(42)40-16-4-8-20-44(40)52-26-12-32-60-58(52)62(56(48)50)54(46)34-36;/h1-32H;/q-2;+2. The minimum absolute atomic E-state index is 0. The maximum Gasteiger partial charge on any atom is 2.00 e. The first-order valence-corrected chi connectivity index (χ1v) is 21.2. The van der Waals surface area contributed by atoms with Crippen LogP contribution in [0.15, 0.2) is 194 Å². The van der Waals surface area contributed by atoms with E-state index in [-0.39, 0.29) is 21.1 Å². The van der Waals surface area contributed by atoms with E-state index in [2.05, 4.69) is 179 Å². The molecular weight excluding hydrogens is 964 g/mol. The summed E-state index contributed by atoms with van der Waals surface area (Å²) in [6.07, 6.45) is 3.76. The smallest absolute Gasteiger partial charge is 0.509 e. The Morgan fingerprint density at radius 1 is 0.297 bits per heavy atom. The summed E-state index contributed by atoms with van der Waals surface area (Å²) < 4.78 is 11.4. The fourth-order valence-corrected chi connectivity index (χ4v) is 10.4. The molecule has 6 heteroatoms. The average molecular weight is 996 g/mol. The average Bonchev–Trinajstić information content (AvgIpc) is 3.87. The Morgan fingerprint density at radius 2 is 0.594 bits per heavy atom. The number of ether oxygens (including phenoxy) is 1. The van der Waals surface area contributed by atoms with E-state index in [1.165, 1.54) is 32.3 Å². The van der Waals surface area contributed by atoms with Crippen LogP contribution in [0.2, 0.25) is 0 Å². The summed E-state index contributed by atoms with van der Waals surface area (Å²) in [6.45, 7) is 0. The van der Waals surface area contributed by atoms with Crippen molar-refractivity contribution < 1.29 is 25.8 Å². The fourth-order valence-electron chi connectivity index (χ4n) is 10.4. The van der Waals surface area contributed by atoms with Gasteiger partial charge < -0.3 is 13.5 Å². The molecule has 0 saturated carbocycles. The molecule has 0 radical (unpaired) electrons. The van der Waals surface area contributed by atoms with Gasteiger partial charge in [0.05, 0.1) is 0 Å². The SMILES string of the molecule is [Pt+2].[c-]1c(Oc2[c-]c3c(cc2)c2cccc4c5ccccc5c5ccccc5c5cccnc5n3c42)ccc2c3cccc4c5ccccc5c5ccccc5c5cccnc5n(c12)c43. The topological polar surface area (TPSA) is 43.8 Å². The van der Waals surface area contributed by atoms with Crippen LogP contribution in [-0.2, 0) is 21.1 Å². The second kappa shape index (κ2) is 14.1. The molecule has 0 fully saturated rings. The molecule has 0 N–H and O–H groups in total. The van der Waals surface area contributed by atoms with Gasteiger partial charge in [0.15, 0.2) is 0 Å². The van der Waals surface area contributed by atoms with Crippen LogP contribution in [0.5, 0.6) is 11.5 Å². The van der Waals surface area contributed by atoms with Gasteiger partial charge in [-0.2, -0.15) is 12.1 Å². The number of aromatic nitrogens is 4.